The van der Waals surface area contributed by atoms with Gasteiger partial charge in [-0.15, -0.1) is 0 Å². The van der Waals surface area contributed by atoms with E-state index in [0.29, 0.717) is 13.0 Å². The quantitative estimate of drug-likeness (QED) is 0.724. The number of hydrogen-bond acceptors (Lipinski definition) is 3. The Hall–Kier alpha value is -1.69. The maximum absolute atomic E-state index is 12.4. The van der Waals surface area contributed by atoms with Crippen LogP contribution in [0.2, 0.25) is 0 Å². The van der Waals surface area contributed by atoms with Crippen LogP contribution in [-0.2, 0) is 16.0 Å². The molecule has 4 nitrogen and oxygen atoms in total. The SMILES string of the molecule is Cc1cccc(C(CNC(=O)CCc2ccccc2Br)N2CCOCC2)c1. The van der Waals surface area contributed by atoms with Crippen molar-refractivity contribution < 1.29 is 9.53 Å². The molecule has 3 rings (SSSR count). The predicted octanol–water partition coefficient (Wildman–Crippen LogP) is 3.88. The number of morpholine rings is 1. The summed E-state index contributed by atoms with van der Waals surface area (Å²) in [5.41, 5.74) is 3.66. The summed E-state index contributed by atoms with van der Waals surface area (Å²) in [7, 11) is 0. The van der Waals surface area contributed by atoms with Crippen molar-refractivity contribution in [2.75, 3.05) is 32.8 Å². The van der Waals surface area contributed by atoms with E-state index in [1.54, 1.807) is 0 Å². The standard InChI is InChI=1S/C22H27BrN2O2/c1-17-5-4-7-19(15-17)21(25-11-13-27-14-12-25)16-24-22(26)10-9-18-6-2-3-8-20(18)23/h2-8,15,21H,9-14,16H2,1H3,(H,24,26). The third-order valence-corrected chi connectivity index (χ3v) is 5.76. The number of amides is 1. The van der Waals surface area contributed by atoms with Crippen LogP contribution in [0, 0.1) is 6.92 Å². The van der Waals surface area contributed by atoms with Crippen LogP contribution in [0.5, 0.6) is 0 Å². The van der Waals surface area contributed by atoms with E-state index in [1.807, 2.05) is 18.2 Å². The molecular formula is C22H27BrN2O2. The molecule has 1 aliphatic heterocycles. The first-order valence-corrected chi connectivity index (χ1v) is 10.3. The van der Waals surface area contributed by atoms with Gasteiger partial charge in [0.1, 0.15) is 0 Å². The molecule has 1 saturated heterocycles. The highest BCUT2D eigenvalue weighted by molar-refractivity contribution is 9.10. The topological polar surface area (TPSA) is 41.6 Å². The van der Waals surface area contributed by atoms with Gasteiger partial charge in [-0.05, 0) is 30.5 Å². The van der Waals surface area contributed by atoms with Gasteiger partial charge in [-0.2, -0.15) is 0 Å². The first-order valence-electron chi connectivity index (χ1n) is 9.52. The van der Waals surface area contributed by atoms with E-state index < -0.39 is 0 Å². The summed E-state index contributed by atoms with van der Waals surface area (Å²) < 4.78 is 6.56. The summed E-state index contributed by atoms with van der Waals surface area (Å²) in [4.78, 5) is 14.9. The Morgan fingerprint density at radius 3 is 2.70 bits per heavy atom. The lowest BCUT2D eigenvalue weighted by molar-refractivity contribution is -0.121. The van der Waals surface area contributed by atoms with Gasteiger partial charge in [0.25, 0.3) is 0 Å². The molecule has 2 aromatic carbocycles. The minimum atomic E-state index is 0.0941. The molecule has 0 bridgehead atoms. The van der Waals surface area contributed by atoms with E-state index in [1.165, 1.54) is 11.1 Å². The van der Waals surface area contributed by atoms with E-state index in [4.69, 9.17) is 4.74 Å². The van der Waals surface area contributed by atoms with Gasteiger partial charge < -0.3 is 10.1 Å². The van der Waals surface area contributed by atoms with Crippen LogP contribution in [0.15, 0.2) is 53.0 Å². The maximum Gasteiger partial charge on any atom is 0.220 e. The van der Waals surface area contributed by atoms with Crippen molar-refractivity contribution in [2.45, 2.75) is 25.8 Å². The van der Waals surface area contributed by atoms with Crippen molar-refractivity contribution in [1.29, 1.82) is 0 Å². The largest absolute Gasteiger partial charge is 0.379 e. The third-order valence-electron chi connectivity index (χ3n) is 4.99. The molecule has 0 aromatic heterocycles. The van der Waals surface area contributed by atoms with Crippen LogP contribution < -0.4 is 5.32 Å². The van der Waals surface area contributed by atoms with Crippen molar-refractivity contribution in [3.63, 3.8) is 0 Å². The third kappa shape index (κ3) is 5.89. The van der Waals surface area contributed by atoms with Gasteiger partial charge >= 0.3 is 0 Å². The highest BCUT2D eigenvalue weighted by atomic mass is 79.9. The zero-order valence-corrected chi connectivity index (χ0v) is 17.4. The highest BCUT2D eigenvalue weighted by Crippen LogP contribution is 2.22. The second-order valence-electron chi connectivity index (χ2n) is 6.97. The van der Waals surface area contributed by atoms with Crippen molar-refractivity contribution in [3.05, 3.63) is 69.7 Å². The first-order chi connectivity index (χ1) is 13.1. The molecule has 27 heavy (non-hydrogen) atoms. The van der Waals surface area contributed by atoms with E-state index in [-0.39, 0.29) is 11.9 Å². The van der Waals surface area contributed by atoms with Crippen molar-refractivity contribution in [3.8, 4) is 0 Å². The first kappa shape index (κ1) is 20.1. The summed E-state index contributed by atoms with van der Waals surface area (Å²) in [6, 6.07) is 16.8. The summed E-state index contributed by atoms with van der Waals surface area (Å²) in [6.45, 7) is 6.02. The monoisotopic (exact) mass is 430 g/mol. The average Bonchev–Trinajstić information content (AvgIpc) is 2.68. The van der Waals surface area contributed by atoms with Gasteiger partial charge in [0.2, 0.25) is 5.91 Å². The average molecular weight is 431 g/mol. The smallest absolute Gasteiger partial charge is 0.220 e. The summed E-state index contributed by atoms with van der Waals surface area (Å²) in [6.07, 6.45) is 1.23. The highest BCUT2D eigenvalue weighted by Gasteiger charge is 2.23. The molecule has 1 amide bonds. The second-order valence-corrected chi connectivity index (χ2v) is 7.83. The number of hydrogen-bond donors (Lipinski definition) is 1. The van der Waals surface area contributed by atoms with Gasteiger partial charge in [0, 0.05) is 30.5 Å². The number of carbonyl (C=O) groups is 1. The van der Waals surface area contributed by atoms with Crippen LogP contribution >= 0.6 is 15.9 Å². The zero-order chi connectivity index (χ0) is 19.1. The van der Waals surface area contributed by atoms with Crippen LogP contribution in [0.25, 0.3) is 0 Å². The molecule has 1 fully saturated rings. The number of ether oxygens (including phenoxy) is 1. The van der Waals surface area contributed by atoms with E-state index in [9.17, 15) is 4.79 Å². The summed E-state index contributed by atoms with van der Waals surface area (Å²) in [5.74, 6) is 0.0941. The van der Waals surface area contributed by atoms with Crippen LogP contribution in [0.1, 0.15) is 29.2 Å². The second kappa shape index (κ2) is 10.0. The fraction of sp³-hybridized carbons (Fsp3) is 0.409. The number of rotatable bonds is 7. The van der Waals surface area contributed by atoms with Gasteiger partial charge in [0.15, 0.2) is 0 Å². The zero-order valence-electron chi connectivity index (χ0n) is 15.8. The lowest BCUT2D eigenvalue weighted by Crippen LogP contribution is -2.43. The van der Waals surface area contributed by atoms with Crippen LogP contribution in [-0.4, -0.2) is 43.7 Å². The molecule has 144 valence electrons. The Balaban J connectivity index is 1.60. The predicted molar refractivity (Wildman–Crippen MR) is 112 cm³/mol. The minimum Gasteiger partial charge on any atom is -0.379 e. The van der Waals surface area contributed by atoms with Gasteiger partial charge in [-0.1, -0.05) is 64.0 Å². The molecular weight excluding hydrogens is 404 g/mol. The summed E-state index contributed by atoms with van der Waals surface area (Å²) in [5, 5.41) is 3.15. The number of aryl methyl sites for hydroxylation is 2. The molecule has 0 radical (unpaired) electrons. The Labute approximate surface area is 170 Å². The van der Waals surface area contributed by atoms with Crippen molar-refractivity contribution >= 4 is 21.8 Å². The molecule has 1 heterocycles. The molecule has 1 N–H and O–H groups in total. The van der Waals surface area contributed by atoms with E-state index >= 15 is 0 Å². The molecule has 5 heteroatoms. The molecule has 1 atom stereocenters. The fourth-order valence-electron chi connectivity index (χ4n) is 3.47. The van der Waals surface area contributed by atoms with Crippen LogP contribution in [0.4, 0.5) is 0 Å². The summed E-state index contributed by atoms with van der Waals surface area (Å²) >= 11 is 3.55. The number of nitrogens with zero attached hydrogens (tertiary/aromatic N) is 1. The van der Waals surface area contributed by atoms with Crippen molar-refractivity contribution in [2.24, 2.45) is 0 Å². The lowest BCUT2D eigenvalue weighted by atomic mass is 10.0. The fourth-order valence-corrected chi connectivity index (χ4v) is 3.96. The molecule has 0 aliphatic carbocycles. The lowest BCUT2D eigenvalue weighted by Gasteiger charge is -2.35. The molecule has 2 aromatic rings. The Morgan fingerprint density at radius 1 is 1.19 bits per heavy atom. The Kier molecular flexibility index (Phi) is 7.44. The maximum atomic E-state index is 12.4. The number of benzene rings is 2. The molecule has 1 aliphatic rings. The van der Waals surface area contributed by atoms with Crippen molar-refractivity contribution in [1.82, 2.24) is 10.2 Å². The normalized spacial score (nSPS) is 16.1. The van der Waals surface area contributed by atoms with Gasteiger partial charge in [0.05, 0.1) is 19.3 Å². The van der Waals surface area contributed by atoms with Gasteiger partial charge in [-0.3, -0.25) is 9.69 Å². The van der Waals surface area contributed by atoms with Crippen LogP contribution in [0.3, 0.4) is 0 Å². The van der Waals surface area contributed by atoms with E-state index in [0.717, 1.165) is 42.8 Å². The number of nitrogens with one attached hydrogen (secondary N) is 1. The Morgan fingerprint density at radius 2 is 1.96 bits per heavy atom. The minimum absolute atomic E-state index is 0.0941. The van der Waals surface area contributed by atoms with E-state index in [2.05, 4.69) is 63.4 Å². The van der Waals surface area contributed by atoms with Gasteiger partial charge in [-0.25, -0.2) is 0 Å². The number of halogens is 1. The number of carbonyl (C=O) groups excluding carboxylic acids is 1. The molecule has 1 unspecified atom stereocenters. The molecule has 0 spiro atoms. The Bertz CT molecular complexity index is 759. The molecule has 0 saturated carbocycles.